The second-order valence-electron chi connectivity index (χ2n) is 6.24. The van der Waals surface area contributed by atoms with Crippen molar-refractivity contribution < 1.29 is 35.9 Å². The van der Waals surface area contributed by atoms with E-state index >= 15 is 0 Å². The van der Waals surface area contributed by atoms with Gasteiger partial charge in [-0.2, -0.15) is 31.6 Å². The van der Waals surface area contributed by atoms with Gasteiger partial charge in [-0.25, -0.2) is 0 Å². The Hall–Kier alpha value is -3.33. The number of ether oxygens (including phenoxy) is 1. The number of rotatable bonds is 3. The van der Waals surface area contributed by atoms with Crippen LogP contribution in [0.3, 0.4) is 0 Å². The van der Waals surface area contributed by atoms with E-state index in [0.717, 1.165) is 12.1 Å². The number of pyridine rings is 1. The largest absolute Gasteiger partial charge is 0.433 e. The predicted molar refractivity (Wildman–Crippen MR) is 91.1 cm³/mol. The number of amides is 1. The molecule has 1 saturated heterocycles. The monoisotopic (exact) mass is 430 g/mol. The van der Waals surface area contributed by atoms with E-state index in [0.29, 0.717) is 11.0 Å². The third-order valence-electron chi connectivity index (χ3n) is 4.20. The van der Waals surface area contributed by atoms with Crippen LogP contribution in [0, 0.1) is 11.3 Å². The van der Waals surface area contributed by atoms with Crippen LogP contribution < -0.4 is 10.2 Å². The van der Waals surface area contributed by atoms with Crippen LogP contribution in [0.15, 0.2) is 42.7 Å². The van der Waals surface area contributed by atoms with Crippen LogP contribution in [0.2, 0.25) is 0 Å². The molecule has 158 valence electrons. The fraction of sp³-hybridized carbons (Fsp3) is 0.278. The van der Waals surface area contributed by atoms with Crippen molar-refractivity contribution in [2.75, 3.05) is 16.8 Å². The SMILES string of the molecule is N#Cc1ccc(N2CC(C(=O)Nc3cccnc3)OC2C(F)(F)F)cc1C(F)(F)F. The predicted octanol–water partition coefficient (Wildman–Crippen LogP) is 3.70. The van der Waals surface area contributed by atoms with E-state index in [9.17, 15) is 31.1 Å². The number of aromatic nitrogens is 1. The van der Waals surface area contributed by atoms with Gasteiger partial charge in [-0.1, -0.05) is 0 Å². The van der Waals surface area contributed by atoms with Crippen molar-refractivity contribution in [3.63, 3.8) is 0 Å². The summed E-state index contributed by atoms with van der Waals surface area (Å²) in [4.78, 5) is 16.6. The van der Waals surface area contributed by atoms with Crippen molar-refractivity contribution in [3.05, 3.63) is 53.9 Å². The molecule has 0 aliphatic carbocycles. The summed E-state index contributed by atoms with van der Waals surface area (Å²) in [6, 6.07) is 6.45. The zero-order chi connectivity index (χ0) is 22.1. The van der Waals surface area contributed by atoms with Crippen molar-refractivity contribution in [1.29, 1.82) is 5.26 Å². The van der Waals surface area contributed by atoms with Gasteiger partial charge < -0.3 is 15.0 Å². The van der Waals surface area contributed by atoms with Gasteiger partial charge in [-0.3, -0.25) is 9.78 Å². The van der Waals surface area contributed by atoms with Crippen LogP contribution in [0.1, 0.15) is 11.1 Å². The molecule has 1 aromatic carbocycles. The van der Waals surface area contributed by atoms with E-state index in [-0.39, 0.29) is 5.69 Å². The summed E-state index contributed by atoms with van der Waals surface area (Å²) >= 11 is 0. The molecule has 2 unspecified atom stereocenters. The summed E-state index contributed by atoms with van der Waals surface area (Å²) in [6.07, 6.45) is -11.5. The average Bonchev–Trinajstić information content (AvgIpc) is 3.14. The molecule has 1 amide bonds. The Bertz CT molecular complexity index is 971. The standard InChI is InChI=1S/C18H12F6N4O2/c19-17(20,21)13-6-12(4-3-10(13)7-25)28-9-14(30-16(28)18(22,23)24)15(29)27-11-2-1-5-26-8-11/h1-6,8,14,16H,9H2,(H,27,29). The van der Waals surface area contributed by atoms with Gasteiger partial charge in [0.1, 0.15) is 0 Å². The lowest BCUT2D eigenvalue weighted by Crippen LogP contribution is -2.42. The van der Waals surface area contributed by atoms with Crippen molar-refractivity contribution >= 4 is 17.3 Å². The minimum atomic E-state index is -4.99. The van der Waals surface area contributed by atoms with E-state index in [4.69, 9.17) is 10.00 Å². The number of nitrogens with one attached hydrogen (secondary N) is 1. The number of halogens is 6. The molecule has 0 saturated carbocycles. The van der Waals surface area contributed by atoms with Gasteiger partial charge in [-0.15, -0.1) is 0 Å². The fourth-order valence-electron chi connectivity index (χ4n) is 2.89. The van der Waals surface area contributed by atoms with E-state index < -0.39 is 54.0 Å². The Morgan fingerprint density at radius 3 is 2.53 bits per heavy atom. The molecule has 0 bridgehead atoms. The fourth-order valence-corrected chi connectivity index (χ4v) is 2.89. The lowest BCUT2D eigenvalue weighted by Gasteiger charge is -2.27. The molecule has 2 atom stereocenters. The molecule has 1 aromatic heterocycles. The van der Waals surface area contributed by atoms with Gasteiger partial charge in [0.15, 0.2) is 6.10 Å². The lowest BCUT2D eigenvalue weighted by molar-refractivity contribution is -0.212. The van der Waals surface area contributed by atoms with Crippen LogP contribution in [0.5, 0.6) is 0 Å². The van der Waals surface area contributed by atoms with Crippen molar-refractivity contribution in [3.8, 4) is 6.07 Å². The lowest BCUT2D eigenvalue weighted by atomic mass is 10.1. The molecule has 30 heavy (non-hydrogen) atoms. The maximum atomic E-state index is 13.5. The number of carbonyl (C=O) groups is 1. The first-order valence-corrected chi connectivity index (χ1v) is 8.32. The van der Waals surface area contributed by atoms with Gasteiger partial charge in [-0.05, 0) is 30.3 Å². The molecule has 0 spiro atoms. The van der Waals surface area contributed by atoms with Crippen molar-refractivity contribution in [2.45, 2.75) is 24.7 Å². The first-order chi connectivity index (χ1) is 14.0. The Labute approximate surface area is 165 Å². The smallest absolute Gasteiger partial charge is 0.335 e. The summed E-state index contributed by atoms with van der Waals surface area (Å²) in [5.41, 5.74) is -2.39. The topological polar surface area (TPSA) is 78.3 Å². The number of anilines is 2. The number of hydrogen-bond donors (Lipinski definition) is 1. The summed E-state index contributed by atoms with van der Waals surface area (Å²) in [6.45, 7) is -0.653. The van der Waals surface area contributed by atoms with E-state index in [1.165, 1.54) is 30.6 Å². The summed E-state index contributed by atoms with van der Waals surface area (Å²) < 4.78 is 84.8. The number of carbonyl (C=O) groups excluding carboxylic acids is 1. The van der Waals surface area contributed by atoms with Crippen LogP contribution in [-0.4, -0.2) is 35.9 Å². The van der Waals surface area contributed by atoms with Crippen LogP contribution >= 0.6 is 0 Å². The second kappa shape index (κ2) is 7.83. The maximum absolute atomic E-state index is 13.5. The van der Waals surface area contributed by atoms with E-state index in [1.54, 1.807) is 0 Å². The molecule has 6 nitrogen and oxygen atoms in total. The molecule has 3 rings (SSSR count). The second-order valence-corrected chi connectivity index (χ2v) is 6.24. The van der Waals surface area contributed by atoms with E-state index in [2.05, 4.69) is 10.3 Å². The molecule has 1 aliphatic heterocycles. The van der Waals surface area contributed by atoms with E-state index in [1.807, 2.05) is 0 Å². The molecule has 1 N–H and O–H groups in total. The molecule has 1 fully saturated rings. The number of benzene rings is 1. The van der Waals surface area contributed by atoms with Gasteiger partial charge in [0.2, 0.25) is 6.23 Å². The molecule has 12 heteroatoms. The Balaban J connectivity index is 1.91. The minimum absolute atomic E-state index is 0.214. The molecular formula is C18H12F6N4O2. The third kappa shape index (κ3) is 4.46. The zero-order valence-electron chi connectivity index (χ0n) is 14.8. The summed E-state index contributed by atoms with van der Waals surface area (Å²) in [5, 5.41) is 11.2. The first kappa shape index (κ1) is 21.4. The molecule has 2 aromatic rings. The molecule has 2 heterocycles. The van der Waals surface area contributed by atoms with Crippen molar-refractivity contribution in [2.24, 2.45) is 0 Å². The first-order valence-electron chi connectivity index (χ1n) is 8.32. The third-order valence-corrected chi connectivity index (χ3v) is 4.20. The number of nitrogens with zero attached hydrogens (tertiary/aromatic N) is 3. The average molecular weight is 430 g/mol. The maximum Gasteiger partial charge on any atom is 0.433 e. The highest BCUT2D eigenvalue weighted by Crippen LogP contribution is 2.39. The van der Waals surface area contributed by atoms with Gasteiger partial charge in [0.05, 0.1) is 35.6 Å². The van der Waals surface area contributed by atoms with Gasteiger partial charge in [0.25, 0.3) is 5.91 Å². The number of alkyl halides is 6. The van der Waals surface area contributed by atoms with Crippen molar-refractivity contribution in [1.82, 2.24) is 4.98 Å². The summed E-state index contributed by atoms with van der Waals surface area (Å²) in [7, 11) is 0. The molecular weight excluding hydrogens is 418 g/mol. The normalized spacial score (nSPS) is 19.4. The zero-order valence-corrected chi connectivity index (χ0v) is 14.8. The highest BCUT2D eigenvalue weighted by molar-refractivity contribution is 5.94. The Kier molecular flexibility index (Phi) is 5.58. The molecule has 0 radical (unpaired) electrons. The Morgan fingerprint density at radius 2 is 1.97 bits per heavy atom. The number of hydrogen-bond acceptors (Lipinski definition) is 5. The minimum Gasteiger partial charge on any atom is -0.335 e. The van der Waals surface area contributed by atoms with Crippen LogP contribution in [-0.2, 0) is 15.7 Å². The quantitative estimate of drug-likeness (QED) is 0.752. The van der Waals surface area contributed by atoms with Crippen LogP contribution in [0.4, 0.5) is 37.7 Å². The van der Waals surface area contributed by atoms with Crippen LogP contribution in [0.25, 0.3) is 0 Å². The molecule has 1 aliphatic rings. The number of nitriles is 1. The van der Waals surface area contributed by atoms with Gasteiger partial charge >= 0.3 is 12.4 Å². The Morgan fingerprint density at radius 1 is 1.23 bits per heavy atom. The highest BCUT2D eigenvalue weighted by Gasteiger charge is 2.52. The van der Waals surface area contributed by atoms with Gasteiger partial charge in [0, 0.05) is 11.9 Å². The highest BCUT2D eigenvalue weighted by atomic mass is 19.4. The summed E-state index contributed by atoms with van der Waals surface area (Å²) in [5.74, 6) is -0.913.